The van der Waals surface area contributed by atoms with E-state index in [9.17, 15) is 9.18 Å². The molecule has 0 unspecified atom stereocenters. The molecule has 134 valence electrons. The molecule has 0 atom stereocenters. The third kappa shape index (κ3) is 4.60. The number of benzene rings is 2. The van der Waals surface area contributed by atoms with Crippen LogP contribution in [0.25, 0.3) is 0 Å². The van der Waals surface area contributed by atoms with E-state index in [1.807, 2.05) is 18.2 Å². The molecule has 0 spiro atoms. The zero-order chi connectivity index (χ0) is 18.7. The number of nitrogens with zero attached hydrogens (tertiary/aromatic N) is 1. The van der Waals surface area contributed by atoms with Gasteiger partial charge in [0.05, 0.1) is 10.0 Å². The minimum absolute atomic E-state index is 0.0283. The molecule has 0 aliphatic rings. The van der Waals surface area contributed by atoms with E-state index in [4.69, 9.17) is 21.4 Å². The molecule has 2 aromatic carbocycles. The number of halogens is 3. The number of carbonyl (C=O) groups is 1. The van der Waals surface area contributed by atoms with Crippen LogP contribution in [-0.4, -0.2) is 16.1 Å². The smallest absolute Gasteiger partial charge is 0.355 e. The van der Waals surface area contributed by atoms with Crippen LogP contribution in [-0.2, 0) is 13.0 Å². The second-order valence-electron chi connectivity index (χ2n) is 5.38. The first kappa shape index (κ1) is 18.8. The Morgan fingerprint density at radius 1 is 1.27 bits per heavy atom. The largest absolute Gasteiger partial charge is 0.489 e. The van der Waals surface area contributed by atoms with E-state index in [0.717, 1.165) is 10.0 Å². The third-order valence-corrected chi connectivity index (χ3v) is 5.23. The van der Waals surface area contributed by atoms with Crippen LogP contribution >= 0.6 is 38.9 Å². The van der Waals surface area contributed by atoms with Gasteiger partial charge in [-0.15, -0.1) is 11.3 Å². The predicted octanol–water partition coefficient (Wildman–Crippen LogP) is 5.57. The normalized spacial score (nSPS) is 10.7. The number of rotatable bonds is 6. The minimum atomic E-state index is -1.05. The van der Waals surface area contributed by atoms with Crippen molar-refractivity contribution in [1.82, 2.24) is 4.98 Å². The van der Waals surface area contributed by atoms with Crippen LogP contribution in [0.5, 0.6) is 5.75 Å². The van der Waals surface area contributed by atoms with Gasteiger partial charge in [-0.2, -0.15) is 0 Å². The number of carboxylic acid groups (broad SMARTS) is 1. The fourth-order valence-electron chi connectivity index (χ4n) is 2.27. The quantitative estimate of drug-likeness (QED) is 0.527. The standard InChI is InChI=1S/C18H12BrClFNO3S/c19-12-2-4-16(25-8-10-1-3-13(21)7-14(10)20)11(5-12)6-17-22-15(9-26-17)18(23)24/h1-5,7,9H,6,8H2,(H,23,24). The summed E-state index contributed by atoms with van der Waals surface area (Å²) in [6.45, 7) is 0.186. The van der Waals surface area contributed by atoms with Crippen molar-refractivity contribution in [2.45, 2.75) is 13.0 Å². The van der Waals surface area contributed by atoms with Gasteiger partial charge in [-0.25, -0.2) is 14.2 Å². The number of thiazole rings is 1. The molecule has 8 heteroatoms. The molecule has 1 N–H and O–H groups in total. The number of aromatic nitrogens is 1. The van der Waals surface area contributed by atoms with Crippen LogP contribution in [0.2, 0.25) is 5.02 Å². The van der Waals surface area contributed by atoms with Crippen molar-refractivity contribution >= 4 is 44.8 Å². The number of hydrogen-bond donors (Lipinski definition) is 1. The lowest BCUT2D eigenvalue weighted by molar-refractivity contribution is 0.0691. The minimum Gasteiger partial charge on any atom is -0.489 e. The molecule has 0 aliphatic carbocycles. The highest BCUT2D eigenvalue weighted by atomic mass is 79.9. The molecule has 0 radical (unpaired) electrons. The molecule has 1 aromatic heterocycles. The van der Waals surface area contributed by atoms with Crippen molar-refractivity contribution in [3.63, 3.8) is 0 Å². The Balaban J connectivity index is 1.79. The Morgan fingerprint density at radius 3 is 2.77 bits per heavy atom. The van der Waals surface area contributed by atoms with E-state index in [-0.39, 0.29) is 12.3 Å². The fourth-order valence-corrected chi connectivity index (χ4v) is 3.70. The highest BCUT2D eigenvalue weighted by Crippen LogP contribution is 2.28. The van der Waals surface area contributed by atoms with Crippen LogP contribution in [0.1, 0.15) is 26.6 Å². The Hall–Kier alpha value is -1.96. The van der Waals surface area contributed by atoms with E-state index < -0.39 is 11.8 Å². The Labute approximate surface area is 166 Å². The first-order valence-electron chi connectivity index (χ1n) is 7.45. The molecule has 0 saturated carbocycles. The van der Waals surface area contributed by atoms with Crippen LogP contribution in [0, 0.1) is 5.82 Å². The van der Waals surface area contributed by atoms with E-state index in [0.29, 0.717) is 27.8 Å². The van der Waals surface area contributed by atoms with Crippen molar-refractivity contribution in [2.24, 2.45) is 0 Å². The fraction of sp³-hybridized carbons (Fsp3) is 0.111. The summed E-state index contributed by atoms with van der Waals surface area (Å²) >= 11 is 10.7. The van der Waals surface area contributed by atoms with Crippen LogP contribution in [0.4, 0.5) is 4.39 Å². The summed E-state index contributed by atoms with van der Waals surface area (Å²) in [5.41, 5.74) is 1.55. The third-order valence-electron chi connectivity index (χ3n) is 3.53. The summed E-state index contributed by atoms with van der Waals surface area (Å²) in [7, 11) is 0. The van der Waals surface area contributed by atoms with E-state index in [2.05, 4.69) is 20.9 Å². The monoisotopic (exact) mass is 455 g/mol. The van der Waals surface area contributed by atoms with Crippen molar-refractivity contribution in [2.75, 3.05) is 0 Å². The molecule has 4 nitrogen and oxygen atoms in total. The number of hydrogen-bond acceptors (Lipinski definition) is 4. The molecule has 0 amide bonds. The average Bonchev–Trinajstić information content (AvgIpc) is 3.04. The summed E-state index contributed by atoms with van der Waals surface area (Å²) in [6.07, 6.45) is 0.434. The molecule has 1 heterocycles. The highest BCUT2D eigenvalue weighted by molar-refractivity contribution is 9.10. The Morgan fingerprint density at radius 2 is 2.08 bits per heavy atom. The Kier molecular flexibility index (Phi) is 5.90. The molecule has 3 aromatic rings. The second-order valence-corrected chi connectivity index (χ2v) is 7.65. The molecule has 26 heavy (non-hydrogen) atoms. The highest BCUT2D eigenvalue weighted by Gasteiger charge is 2.13. The predicted molar refractivity (Wildman–Crippen MR) is 102 cm³/mol. The van der Waals surface area contributed by atoms with Crippen molar-refractivity contribution in [1.29, 1.82) is 0 Å². The van der Waals surface area contributed by atoms with Gasteiger partial charge in [-0.3, -0.25) is 0 Å². The number of carboxylic acids is 1. The number of ether oxygens (including phenoxy) is 1. The van der Waals surface area contributed by atoms with Gasteiger partial charge in [0.25, 0.3) is 0 Å². The SMILES string of the molecule is O=C(O)c1csc(Cc2cc(Br)ccc2OCc2ccc(F)cc2Cl)n1. The molecule has 3 rings (SSSR count). The van der Waals surface area contributed by atoms with Gasteiger partial charge in [0.1, 0.15) is 18.2 Å². The topological polar surface area (TPSA) is 59.4 Å². The summed E-state index contributed by atoms with van der Waals surface area (Å²) in [6, 6.07) is 9.69. The van der Waals surface area contributed by atoms with Crippen LogP contribution in [0.15, 0.2) is 46.3 Å². The van der Waals surface area contributed by atoms with Gasteiger partial charge < -0.3 is 9.84 Å². The molecule has 0 saturated heterocycles. The van der Waals surface area contributed by atoms with Crippen molar-refractivity contribution in [3.8, 4) is 5.75 Å². The number of aromatic carboxylic acids is 1. The maximum Gasteiger partial charge on any atom is 0.355 e. The average molecular weight is 457 g/mol. The lowest BCUT2D eigenvalue weighted by atomic mass is 10.1. The lowest BCUT2D eigenvalue weighted by Crippen LogP contribution is -2.01. The Bertz CT molecular complexity index is 963. The summed E-state index contributed by atoms with van der Waals surface area (Å²) in [5, 5.41) is 11.5. The van der Waals surface area contributed by atoms with E-state index >= 15 is 0 Å². The maximum atomic E-state index is 13.1. The first-order chi connectivity index (χ1) is 12.4. The maximum absolute atomic E-state index is 13.1. The molecular formula is C18H12BrClFNO3S. The van der Waals surface area contributed by atoms with Crippen molar-refractivity contribution in [3.05, 3.63) is 78.9 Å². The molecule has 0 aliphatic heterocycles. The zero-order valence-corrected chi connectivity index (χ0v) is 16.4. The second kappa shape index (κ2) is 8.16. The summed E-state index contributed by atoms with van der Waals surface area (Å²) < 4.78 is 19.9. The van der Waals surface area contributed by atoms with Gasteiger partial charge >= 0.3 is 5.97 Å². The van der Waals surface area contributed by atoms with Gasteiger partial charge in [-0.05, 0) is 30.3 Å². The van der Waals surface area contributed by atoms with E-state index in [1.165, 1.54) is 28.8 Å². The molecule has 0 bridgehead atoms. The summed E-state index contributed by atoms with van der Waals surface area (Å²) in [4.78, 5) is 15.1. The van der Waals surface area contributed by atoms with Crippen molar-refractivity contribution < 1.29 is 19.0 Å². The van der Waals surface area contributed by atoms with Crippen LogP contribution < -0.4 is 4.74 Å². The van der Waals surface area contributed by atoms with Gasteiger partial charge in [0, 0.05) is 27.4 Å². The van der Waals surface area contributed by atoms with Gasteiger partial charge in [0.15, 0.2) is 5.69 Å². The van der Waals surface area contributed by atoms with E-state index in [1.54, 1.807) is 6.07 Å². The van der Waals surface area contributed by atoms with Crippen LogP contribution in [0.3, 0.4) is 0 Å². The first-order valence-corrected chi connectivity index (χ1v) is 9.50. The van der Waals surface area contributed by atoms with Gasteiger partial charge in [-0.1, -0.05) is 33.6 Å². The van der Waals surface area contributed by atoms with Gasteiger partial charge in [0.2, 0.25) is 0 Å². The zero-order valence-electron chi connectivity index (χ0n) is 13.2. The lowest BCUT2D eigenvalue weighted by Gasteiger charge is -2.12. The summed E-state index contributed by atoms with van der Waals surface area (Å²) in [5.74, 6) is -0.828. The molecule has 0 fully saturated rings. The molecular weight excluding hydrogens is 445 g/mol.